The summed E-state index contributed by atoms with van der Waals surface area (Å²) in [6.07, 6.45) is 1.56. The molecule has 7 nitrogen and oxygen atoms in total. The molecule has 2 amide bonds. The summed E-state index contributed by atoms with van der Waals surface area (Å²) in [6, 6.07) is 12.4. The first-order valence-electron chi connectivity index (χ1n) is 9.79. The van der Waals surface area contributed by atoms with Crippen molar-refractivity contribution in [2.75, 3.05) is 6.54 Å². The number of likely N-dealkylation sites (tertiary alicyclic amines) is 1. The molecular formula is C21H25FN3O4S+. The summed E-state index contributed by atoms with van der Waals surface area (Å²) in [7, 11) is -4.34. The second-order valence-corrected chi connectivity index (χ2v) is 9.42. The number of nitrogens with one attached hydrogen (secondary N) is 1. The van der Waals surface area contributed by atoms with Crippen molar-refractivity contribution in [3.63, 3.8) is 0 Å². The molecule has 1 saturated heterocycles. The highest BCUT2D eigenvalue weighted by Crippen LogP contribution is 2.36. The molecule has 0 aliphatic carbocycles. The van der Waals surface area contributed by atoms with Crippen LogP contribution < -0.4 is 11.3 Å². The van der Waals surface area contributed by atoms with E-state index in [0.717, 1.165) is 29.8 Å². The van der Waals surface area contributed by atoms with Gasteiger partial charge in [0.15, 0.2) is 6.04 Å². The molecule has 3 rings (SSSR count). The topological polar surface area (TPSA) is 106 Å². The Bertz CT molecular complexity index is 1010. The van der Waals surface area contributed by atoms with Gasteiger partial charge in [0, 0.05) is 6.42 Å². The molecule has 1 unspecified atom stereocenters. The van der Waals surface area contributed by atoms with Gasteiger partial charge in [-0.3, -0.25) is 10.2 Å². The Balaban J connectivity index is 2.06. The van der Waals surface area contributed by atoms with E-state index in [0.29, 0.717) is 19.3 Å². The van der Waals surface area contributed by atoms with Crippen molar-refractivity contribution in [3.8, 4) is 0 Å². The Morgan fingerprint density at radius 1 is 1.07 bits per heavy atom. The second-order valence-electron chi connectivity index (χ2n) is 7.35. The van der Waals surface area contributed by atoms with E-state index in [1.165, 1.54) is 0 Å². The summed E-state index contributed by atoms with van der Waals surface area (Å²) in [5, 5.41) is 0. The number of carbonyl (C=O) groups excluding carboxylic acids is 2. The van der Waals surface area contributed by atoms with Gasteiger partial charge in [0.05, 0.1) is 6.42 Å². The lowest BCUT2D eigenvalue weighted by Gasteiger charge is -2.42. The minimum atomic E-state index is -4.34. The monoisotopic (exact) mass is 434 g/mol. The summed E-state index contributed by atoms with van der Waals surface area (Å²) in [6.45, 7) is -0.0363. The highest BCUT2D eigenvalue weighted by molar-refractivity contribution is 7.86. The van der Waals surface area contributed by atoms with Crippen LogP contribution in [0.2, 0.25) is 0 Å². The minimum Gasteiger partial charge on any atom is -0.289 e. The van der Waals surface area contributed by atoms with Gasteiger partial charge in [-0.2, -0.15) is 8.42 Å². The van der Waals surface area contributed by atoms with E-state index >= 15 is 0 Å². The molecule has 160 valence electrons. The lowest BCUT2D eigenvalue weighted by atomic mass is 10.00. The molecule has 1 heterocycles. The average Bonchev–Trinajstić information content (AvgIpc) is 2.77. The van der Waals surface area contributed by atoms with Gasteiger partial charge in [-0.1, -0.05) is 30.3 Å². The fourth-order valence-corrected chi connectivity index (χ4v) is 6.19. The highest BCUT2D eigenvalue weighted by Gasteiger charge is 2.58. The number of piperidine rings is 1. The van der Waals surface area contributed by atoms with Crippen LogP contribution in [0.3, 0.4) is 0 Å². The molecule has 9 heteroatoms. The molecule has 2 aromatic carbocycles. The van der Waals surface area contributed by atoms with Crippen LogP contribution in [0.1, 0.15) is 31.2 Å². The third-order valence-electron chi connectivity index (χ3n) is 5.60. The predicted molar refractivity (Wildman–Crippen MR) is 108 cm³/mol. The SMILES string of the molecule is NNC(=O)[C@@H]1CCCC[N+]1(C(=O)CCc1ccccc1)S(=O)(=O)c1ccc(F)cc1. The van der Waals surface area contributed by atoms with Gasteiger partial charge in [0.2, 0.25) is 0 Å². The molecule has 0 radical (unpaired) electrons. The summed E-state index contributed by atoms with van der Waals surface area (Å²) in [4.78, 5) is 25.9. The molecule has 1 aliphatic rings. The molecule has 30 heavy (non-hydrogen) atoms. The van der Waals surface area contributed by atoms with Crippen molar-refractivity contribution in [2.24, 2.45) is 5.84 Å². The molecule has 0 spiro atoms. The van der Waals surface area contributed by atoms with Gasteiger partial charge in [-0.25, -0.2) is 15.0 Å². The molecule has 0 aromatic heterocycles. The number of amides is 2. The predicted octanol–water partition coefficient (Wildman–Crippen LogP) is 2.03. The zero-order valence-electron chi connectivity index (χ0n) is 16.5. The summed E-state index contributed by atoms with van der Waals surface area (Å²) < 4.78 is 39.8. The number of benzene rings is 2. The summed E-state index contributed by atoms with van der Waals surface area (Å²) in [5.74, 6) is 3.46. The number of rotatable bonds is 6. The quantitative estimate of drug-likeness (QED) is 0.313. The van der Waals surface area contributed by atoms with Crippen molar-refractivity contribution >= 4 is 21.8 Å². The number of nitrogens with zero attached hydrogens (tertiary/aromatic N) is 1. The first-order valence-corrected chi connectivity index (χ1v) is 11.2. The van der Waals surface area contributed by atoms with Crippen LogP contribution in [-0.4, -0.2) is 36.7 Å². The number of aryl methyl sites for hydroxylation is 1. The van der Waals surface area contributed by atoms with Crippen LogP contribution in [0.4, 0.5) is 4.39 Å². The molecule has 2 atom stereocenters. The van der Waals surface area contributed by atoms with Crippen molar-refractivity contribution in [2.45, 2.75) is 43.0 Å². The van der Waals surface area contributed by atoms with E-state index in [1.807, 2.05) is 35.8 Å². The standard InChI is InChI=1S/C21H24FN3O4S/c22-17-10-12-18(13-11-17)30(28,29)25(15-5-4-8-19(25)21(27)24-23)20(26)14-9-16-6-2-1-3-7-16/h1-3,6-7,10-13,19H,4-5,8-9,14-15,23H2/p+1/t19-,25?/m0/s1. The normalized spacial score (nSPS) is 21.7. The van der Waals surface area contributed by atoms with Crippen LogP contribution in [-0.2, 0) is 26.0 Å². The smallest absolute Gasteiger partial charge is 0.289 e. The van der Waals surface area contributed by atoms with Crippen molar-refractivity contribution in [1.29, 1.82) is 0 Å². The summed E-state index contributed by atoms with van der Waals surface area (Å²) >= 11 is 0. The number of nitrogens with two attached hydrogens (primary N) is 1. The third kappa shape index (κ3) is 4.00. The van der Waals surface area contributed by atoms with Crippen LogP contribution in [0.25, 0.3) is 0 Å². The highest BCUT2D eigenvalue weighted by atomic mass is 32.2. The maximum absolute atomic E-state index is 13.7. The Morgan fingerprint density at radius 3 is 2.37 bits per heavy atom. The van der Waals surface area contributed by atoms with Gasteiger partial charge >= 0.3 is 15.9 Å². The van der Waals surface area contributed by atoms with Crippen LogP contribution in [0.5, 0.6) is 0 Å². The van der Waals surface area contributed by atoms with E-state index in [2.05, 4.69) is 0 Å². The molecule has 0 bridgehead atoms. The second kappa shape index (κ2) is 9.03. The van der Waals surface area contributed by atoms with E-state index in [9.17, 15) is 22.4 Å². The van der Waals surface area contributed by atoms with Crippen molar-refractivity contribution < 1.29 is 26.3 Å². The maximum Gasteiger partial charge on any atom is 0.335 e. The fourth-order valence-electron chi connectivity index (χ4n) is 4.07. The molecule has 1 fully saturated rings. The van der Waals surface area contributed by atoms with Crippen LogP contribution in [0, 0.1) is 5.82 Å². The van der Waals surface area contributed by atoms with E-state index in [4.69, 9.17) is 5.84 Å². The molecular weight excluding hydrogens is 409 g/mol. The number of hydrazine groups is 1. The van der Waals surface area contributed by atoms with Gasteiger partial charge in [0.1, 0.15) is 17.3 Å². The van der Waals surface area contributed by atoms with Crippen molar-refractivity contribution in [1.82, 2.24) is 5.43 Å². The molecule has 3 N–H and O–H groups in total. The zero-order chi connectivity index (χ0) is 21.8. The van der Waals surface area contributed by atoms with Crippen molar-refractivity contribution in [3.05, 3.63) is 66.0 Å². The first kappa shape index (κ1) is 22.1. The Kier molecular flexibility index (Phi) is 6.64. The molecule has 2 aromatic rings. The first-order chi connectivity index (χ1) is 14.3. The number of hydrogen-bond donors (Lipinski definition) is 2. The number of halogens is 1. The molecule has 0 saturated carbocycles. The zero-order valence-corrected chi connectivity index (χ0v) is 17.3. The van der Waals surface area contributed by atoms with Gasteiger partial charge in [-0.05, 0) is 49.1 Å². The summed E-state index contributed by atoms with van der Waals surface area (Å²) in [5.41, 5.74) is 2.91. The lowest BCUT2D eigenvalue weighted by Crippen LogP contribution is -2.68. The Morgan fingerprint density at radius 2 is 1.73 bits per heavy atom. The number of hydrogen-bond acceptors (Lipinski definition) is 5. The van der Waals surface area contributed by atoms with E-state index in [1.54, 1.807) is 0 Å². The average molecular weight is 435 g/mol. The Hall–Kier alpha value is -2.62. The van der Waals surface area contributed by atoms with E-state index in [-0.39, 0.29) is 24.3 Å². The van der Waals surface area contributed by atoms with Gasteiger partial charge in [0.25, 0.3) is 5.91 Å². The largest absolute Gasteiger partial charge is 0.335 e. The van der Waals surface area contributed by atoms with Gasteiger partial charge < -0.3 is 0 Å². The third-order valence-corrected chi connectivity index (χ3v) is 7.97. The molecule has 1 aliphatic heterocycles. The number of carbonyl (C=O) groups is 2. The minimum absolute atomic E-state index is 0.0363. The van der Waals surface area contributed by atoms with Crippen LogP contribution >= 0.6 is 0 Å². The number of quaternary nitrogens is 1. The van der Waals surface area contributed by atoms with Gasteiger partial charge in [-0.15, -0.1) is 3.89 Å². The van der Waals surface area contributed by atoms with E-state index < -0.39 is 37.6 Å². The Labute approximate surface area is 175 Å². The maximum atomic E-state index is 13.7. The van der Waals surface area contributed by atoms with Crippen LogP contribution in [0.15, 0.2) is 59.5 Å². The number of sulfonamides is 1. The fraction of sp³-hybridized carbons (Fsp3) is 0.333. The lowest BCUT2D eigenvalue weighted by molar-refractivity contribution is -0.754.